The van der Waals surface area contributed by atoms with Gasteiger partial charge < -0.3 is 14.8 Å². The molecule has 5 rings (SSSR count). The molecule has 3 heterocycles. The van der Waals surface area contributed by atoms with Crippen molar-refractivity contribution in [3.63, 3.8) is 0 Å². The van der Waals surface area contributed by atoms with E-state index >= 15 is 0 Å². The van der Waals surface area contributed by atoms with Crippen LogP contribution in [-0.4, -0.2) is 62.9 Å². The third-order valence-corrected chi connectivity index (χ3v) is 6.00. The average Bonchev–Trinajstić information content (AvgIpc) is 3.16. The molecule has 0 radical (unpaired) electrons. The van der Waals surface area contributed by atoms with Gasteiger partial charge in [0, 0.05) is 42.8 Å². The van der Waals surface area contributed by atoms with E-state index in [0.29, 0.717) is 16.6 Å². The minimum absolute atomic E-state index is 0.114. The van der Waals surface area contributed by atoms with Gasteiger partial charge in [0.1, 0.15) is 5.52 Å². The van der Waals surface area contributed by atoms with Gasteiger partial charge in [0.05, 0.1) is 5.75 Å². The fourth-order valence-electron chi connectivity index (χ4n) is 3.64. The minimum atomic E-state index is 0.114. The predicted molar refractivity (Wildman–Crippen MR) is 115 cm³/mol. The highest BCUT2D eigenvalue weighted by Gasteiger charge is 2.21. The second-order valence-electron chi connectivity index (χ2n) is 6.95. The lowest BCUT2D eigenvalue weighted by molar-refractivity contribution is -0.128. The number of piperazine rings is 1. The Hall–Kier alpha value is -3.13. The number of aromatic amines is 1. The molecule has 29 heavy (non-hydrogen) atoms. The molecule has 8 heteroatoms. The number of carbonyl (C=O) groups excluding carboxylic acids is 1. The molecule has 0 saturated carbocycles. The van der Waals surface area contributed by atoms with E-state index in [2.05, 4.69) is 37.2 Å². The first-order valence-corrected chi connectivity index (χ1v) is 10.6. The molecule has 1 N–H and O–H groups in total. The van der Waals surface area contributed by atoms with Crippen LogP contribution in [0.5, 0.6) is 0 Å². The number of thioether (sulfide) groups is 1. The molecule has 0 aliphatic carbocycles. The van der Waals surface area contributed by atoms with E-state index in [-0.39, 0.29) is 5.91 Å². The number of rotatable bonds is 4. The maximum absolute atomic E-state index is 12.6. The number of hydrogen-bond donors (Lipinski definition) is 1. The average molecular weight is 404 g/mol. The van der Waals surface area contributed by atoms with Crippen molar-refractivity contribution < 1.29 is 4.79 Å². The number of benzene rings is 2. The smallest absolute Gasteiger partial charge is 0.233 e. The first-order chi connectivity index (χ1) is 14.3. The number of carbonyl (C=O) groups is 1. The van der Waals surface area contributed by atoms with E-state index < -0.39 is 0 Å². The molecular formula is C21H20N6OS. The number of fused-ring (bicyclic) bond motifs is 3. The molecule has 1 aliphatic rings. The summed E-state index contributed by atoms with van der Waals surface area (Å²) in [5.74, 6) is 0.432. The highest BCUT2D eigenvalue weighted by molar-refractivity contribution is 7.99. The summed E-state index contributed by atoms with van der Waals surface area (Å²) in [5.41, 5.74) is 3.65. The molecule has 0 atom stereocenters. The summed E-state index contributed by atoms with van der Waals surface area (Å²) < 4.78 is 0. The Bertz CT molecular complexity index is 1150. The second kappa shape index (κ2) is 7.71. The third-order valence-electron chi connectivity index (χ3n) is 5.18. The van der Waals surface area contributed by atoms with Gasteiger partial charge in [-0.15, -0.1) is 10.2 Å². The molecule has 1 fully saturated rings. The SMILES string of the molecule is O=C(CSc1nnc2c(n1)[nH]c1ccccc12)N1CCN(c2ccccc2)CC1. The molecule has 146 valence electrons. The van der Waals surface area contributed by atoms with Crippen LogP contribution in [0.15, 0.2) is 59.8 Å². The van der Waals surface area contributed by atoms with Crippen LogP contribution in [0.3, 0.4) is 0 Å². The Morgan fingerprint density at radius 3 is 2.55 bits per heavy atom. The van der Waals surface area contributed by atoms with Crippen molar-refractivity contribution in [2.75, 3.05) is 36.8 Å². The lowest BCUT2D eigenvalue weighted by Gasteiger charge is -2.36. The summed E-state index contributed by atoms with van der Waals surface area (Å²) in [6.07, 6.45) is 0. The molecule has 7 nitrogen and oxygen atoms in total. The molecule has 1 saturated heterocycles. The van der Waals surface area contributed by atoms with E-state index in [1.165, 1.54) is 17.4 Å². The van der Waals surface area contributed by atoms with Crippen molar-refractivity contribution in [3.05, 3.63) is 54.6 Å². The summed E-state index contributed by atoms with van der Waals surface area (Å²) in [7, 11) is 0. The van der Waals surface area contributed by atoms with Crippen LogP contribution >= 0.6 is 11.8 Å². The Morgan fingerprint density at radius 2 is 1.72 bits per heavy atom. The number of H-pyrrole nitrogens is 1. The van der Waals surface area contributed by atoms with Gasteiger partial charge in [0.15, 0.2) is 5.65 Å². The largest absolute Gasteiger partial charge is 0.368 e. The number of hydrogen-bond acceptors (Lipinski definition) is 6. The fourth-order valence-corrected chi connectivity index (χ4v) is 4.33. The van der Waals surface area contributed by atoms with Gasteiger partial charge >= 0.3 is 0 Å². The standard InChI is InChI=1S/C21H20N6OS/c28-18(27-12-10-26(11-13-27)15-6-2-1-3-7-15)14-29-21-23-20-19(24-25-21)16-8-4-5-9-17(16)22-20/h1-9H,10-14H2,(H,22,23,25). The van der Waals surface area contributed by atoms with Crippen LogP contribution in [0.2, 0.25) is 0 Å². The molecular weight excluding hydrogens is 384 g/mol. The van der Waals surface area contributed by atoms with Crippen molar-refractivity contribution in [3.8, 4) is 0 Å². The van der Waals surface area contributed by atoms with Gasteiger partial charge in [-0.05, 0) is 18.2 Å². The Morgan fingerprint density at radius 1 is 0.966 bits per heavy atom. The highest BCUT2D eigenvalue weighted by Crippen LogP contribution is 2.23. The van der Waals surface area contributed by atoms with Crippen molar-refractivity contribution in [2.45, 2.75) is 5.16 Å². The van der Waals surface area contributed by atoms with Crippen molar-refractivity contribution in [1.82, 2.24) is 25.1 Å². The van der Waals surface area contributed by atoms with Crippen molar-refractivity contribution in [2.24, 2.45) is 0 Å². The van der Waals surface area contributed by atoms with Gasteiger partial charge in [0.25, 0.3) is 0 Å². The lowest BCUT2D eigenvalue weighted by Crippen LogP contribution is -2.49. The third kappa shape index (κ3) is 3.63. The summed E-state index contributed by atoms with van der Waals surface area (Å²) >= 11 is 1.33. The lowest BCUT2D eigenvalue weighted by atomic mass is 10.2. The van der Waals surface area contributed by atoms with E-state index in [9.17, 15) is 4.79 Å². The zero-order valence-electron chi connectivity index (χ0n) is 15.8. The Balaban J connectivity index is 1.20. The second-order valence-corrected chi connectivity index (χ2v) is 7.90. The van der Waals surface area contributed by atoms with Gasteiger partial charge in [0.2, 0.25) is 11.1 Å². The topological polar surface area (TPSA) is 78.0 Å². The zero-order valence-corrected chi connectivity index (χ0v) is 16.6. The molecule has 0 spiro atoms. The van der Waals surface area contributed by atoms with Gasteiger partial charge in [-0.1, -0.05) is 48.2 Å². The van der Waals surface area contributed by atoms with E-state index in [1.54, 1.807) is 0 Å². The van der Waals surface area contributed by atoms with Crippen LogP contribution in [0.25, 0.3) is 22.1 Å². The summed E-state index contributed by atoms with van der Waals surface area (Å²) in [4.78, 5) is 24.7. The Kier molecular flexibility index (Phi) is 4.77. The molecule has 2 aromatic heterocycles. The number of nitrogens with zero attached hydrogens (tertiary/aromatic N) is 5. The molecule has 0 bridgehead atoms. The maximum Gasteiger partial charge on any atom is 0.233 e. The number of para-hydroxylation sites is 2. The number of anilines is 1. The van der Waals surface area contributed by atoms with Crippen molar-refractivity contribution >= 4 is 45.4 Å². The first-order valence-electron chi connectivity index (χ1n) is 9.60. The summed E-state index contributed by atoms with van der Waals surface area (Å²) in [6.45, 7) is 3.15. The number of aromatic nitrogens is 4. The molecule has 1 aliphatic heterocycles. The van der Waals surface area contributed by atoms with Crippen LogP contribution in [0.4, 0.5) is 5.69 Å². The van der Waals surface area contributed by atoms with E-state index in [1.807, 2.05) is 47.4 Å². The van der Waals surface area contributed by atoms with Gasteiger partial charge in [-0.2, -0.15) is 0 Å². The normalized spacial score (nSPS) is 14.6. The van der Waals surface area contributed by atoms with E-state index in [0.717, 1.165) is 42.6 Å². The molecule has 0 unspecified atom stereocenters. The van der Waals surface area contributed by atoms with Crippen molar-refractivity contribution in [1.29, 1.82) is 0 Å². The number of amides is 1. The predicted octanol–water partition coefficient (Wildman–Crippen LogP) is 2.95. The minimum Gasteiger partial charge on any atom is -0.368 e. The van der Waals surface area contributed by atoms with Crippen LogP contribution in [-0.2, 0) is 4.79 Å². The maximum atomic E-state index is 12.6. The first kappa shape index (κ1) is 17.9. The quantitative estimate of drug-likeness (QED) is 0.527. The number of nitrogens with one attached hydrogen (secondary N) is 1. The Labute approximate surface area is 172 Å². The monoisotopic (exact) mass is 404 g/mol. The molecule has 4 aromatic rings. The highest BCUT2D eigenvalue weighted by atomic mass is 32.2. The zero-order chi connectivity index (χ0) is 19.6. The van der Waals surface area contributed by atoms with Crippen LogP contribution in [0.1, 0.15) is 0 Å². The van der Waals surface area contributed by atoms with Gasteiger partial charge in [-0.3, -0.25) is 4.79 Å². The van der Waals surface area contributed by atoms with Gasteiger partial charge in [-0.25, -0.2) is 4.98 Å². The van der Waals surface area contributed by atoms with Crippen LogP contribution in [0, 0.1) is 0 Å². The summed E-state index contributed by atoms with van der Waals surface area (Å²) in [6, 6.07) is 18.2. The fraction of sp³-hybridized carbons (Fsp3) is 0.238. The molecule has 1 amide bonds. The molecule has 2 aromatic carbocycles. The van der Waals surface area contributed by atoms with E-state index in [4.69, 9.17) is 0 Å². The summed E-state index contributed by atoms with van der Waals surface area (Å²) in [5, 5.41) is 10.0. The van der Waals surface area contributed by atoms with Crippen LogP contribution < -0.4 is 4.90 Å².